The lowest BCUT2D eigenvalue weighted by Crippen LogP contribution is -2.28. The Morgan fingerprint density at radius 3 is 1.09 bits per heavy atom. The Hall–Kier alpha value is -3.44. The molecule has 6 rings (SSSR count). The van der Waals surface area contributed by atoms with Gasteiger partial charge in [0.25, 0.3) is 0 Å². The average molecular weight is 883 g/mol. The predicted molar refractivity (Wildman–Crippen MR) is 275 cm³/mol. The largest absolute Gasteiger partial charge is 0.365 e. The van der Waals surface area contributed by atoms with E-state index in [1.54, 1.807) is 0 Å². The minimum Gasteiger partial charge on any atom is -0.365 e. The molecule has 2 aromatic carbocycles. The van der Waals surface area contributed by atoms with Crippen molar-refractivity contribution in [2.45, 2.75) is 233 Å². The van der Waals surface area contributed by atoms with Crippen LogP contribution >= 0.6 is 0 Å². The molecule has 356 valence electrons. The molecule has 0 spiro atoms. The standard InChI is InChI=1S/C60H90N4O/c1-5-9-13-15-17-19-21-25-55-43-63-57(45-61-55)49-35-39-53(40-36-49)59(51-31-27-47(28-32-51)23-11-7-3)65-60(52-33-29-48(30-34-52)24-12-8-4)54-41-37-50(38-42-54)58-46-62-56(44-64-58)26-22-20-18-16-14-10-6-2/h35-48,51-52,59-60H,5-34H2,1-4H3. The molecule has 2 fully saturated rings. The van der Waals surface area contributed by atoms with Crippen molar-refractivity contribution in [2.24, 2.45) is 23.7 Å². The molecule has 0 aliphatic heterocycles. The number of unbranched alkanes of at least 4 members (excludes halogenated alkanes) is 14. The van der Waals surface area contributed by atoms with Gasteiger partial charge in [-0.05, 0) is 86.2 Å². The molecular formula is C60H90N4O. The summed E-state index contributed by atoms with van der Waals surface area (Å²) in [7, 11) is 0. The third-order valence-corrected chi connectivity index (χ3v) is 15.4. The smallest absolute Gasteiger partial charge is 0.0885 e. The summed E-state index contributed by atoms with van der Waals surface area (Å²) in [6.45, 7) is 9.24. The number of ether oxygens (including phenoxy) is 1. The van der Waals surface area contributed by atoms with Crippen LogP contribution in [0, 0.1) is 23.7 Å². The highest BCUT2D eigenvalue weighted by atomic mass is 16.5. The van der Waals surface area contributed by atoms with E-state index >= 15 is 0 Å². The maximum Gasteiger partial charge on any atom is 0.0885 e. The van der Waals surface area contributed by atoms with Gasteiger partial charge < -0.3 is 4.74 Å². The SMILES string of the molecule is CCCCCCCCCc1cnc(-c2ccc(C(OC(c3ccc(-c4cnc(CCCCCCCCC)cn4)cc3)C3CCC(CCCC)CC3)C3CCC(CCCC)CC3)cc2)cn1. The first-order valence-electron chi connectivity index (χ1n) is 27.6. The first-order valence-corrected chi connectivity index (χ1v) is 27.6. The van der Waals surface area contributed by atoms with Crippen LogP contribution in [0.15, 0.2) is 73.3 Å². The van der Waals surface area contributed by atoms with Gasteiger partial charge in [-0.1, -0.05) is 217 Å². The minimum absolute atomic E-state index is 0.0591. The number of aromatic nitrogens is 4. The Bertz CT molecular complexity index is 1670. The minimum atomic E-state index is 0.0591. The fourth-order valence-electron chi connectivity index (χ4n) is 11.1. The first-order chi connectivity index (χ1) is 32.1. The molecule has 0 amide bonds. The molecule has 65 heavy (non-hydrogen) atoms. The maximum atomic E-state index is 7.75. The number of rotatable bonds is 30. The van der Waals surface area contributed by atoms with Crippen molar-refractivity contribution >= 4 is 0 Å². The highest BCUT2D eigenvalue weighted by molar-refractivity contribution is 5.59. The molecule has 4 aromatic rings. The van der Waals surface area contributed by atoms with E-state index in [2.05, 4.69) is 76.2 Å². The van der Waals surface area contributed by atoms with E-state index in [-0.39, 0.29) is 12.2 Å². The third-order valence-electron chi connectivity index (χ3n) is 15.4. The van der Waals surface area contributed by atoms with Crippen LogP contribution in [0.2, 0.25) is 0 Å². The van der Waals surface area contributed by atoms with Gasteiger partial charge in [0, 0.05) is 23.5 Å². The molecule has 0 radical (unpaired) electrons. The predicted octanol–water partition coefficient (Wildman–Crippen LogP) is 18.0. The molecular weight excluding hydrogens is 793 g/mol. The zero-order valence-corrected chi connectivity index (χ0v) is 41.8. The lowest BCUT2D eigenvalue weighted by molar-refractivity contribution is -0.0907. The first kappa shape index (κ1) is 51.0. The van der Waals surface area contributed by atoms with Crippen LogP contribution in [0.25, 0.3) is 22.5 Å². The molecule has 2 aliphatic carbocycles. The van der Waals surface area contributed by atoms with Crippen molar-refractivity contribution < 1.29 is 4.74 Å². The van der Waals surface area contributed by atoms with E-state index in [4.69, 9.17) is 24.7 Å². The van der Waals surface area contributed by atoms with E-state index in [0.717, 1.165) is 58.6 Å². The van der Waals surface area contributed by atoms with Gasteiger partial charge in [-0.2, -0.15) is 0 Å². The molecule has 2 saturated carbocycles. The molecule has 2 aliphatic rings. The summed E-state index contributed by atoms with van der Waals surface area (Å²) < 4.78 is 7.75. The lowest BCUT2D eigenvalue weighted by atomic mass is 9.74. The molecule has 2 unspecified atom stereocenters. The topological polar surface area (TPSA) is 60.8 Å². The fourth-order valence-corrected chi connectivity index (χ4v) is 11.1. The molecule has 5 nitrogen and oxygen atoms in total. The highest BCUT2D eigenvalue weighted by Gasteiger charge is 2.36. The Labute approximate surface area is 397 Å². The third kappa shape index (κ3) is 17.0. The Kier molecular flexibility index (Phi) is 23.0. The van der Waals surface area contributed by atoms with E-state index in [1.165, 1.54) is 191 Å². The second kappa shape index (κ2) is 29.3. The fraction of sp³-hybridized carbons (Fsp3) is 0.667. The van der Waals surface area contributed by atoms with Crippen LogP contribution in [-0.2, 0) is 17.6 Å². The van der Waals surface area contributed by atoms with Crippen LogP contribution in [0.1, 0.15) is 242 Å². The van der Waals surface area contributed by atoms with Crippen molar-refractivity contribution in [3.05, 3.63) is 95.8 Å². The van der Waals surface area contributed by atoms with Gasteiger partial charge in [0.1, 0.15) is 0 Å². The van der Waals surface area contributed by atoms with Crippen molar-refractivity contribution in [3.8, 4) is 22.5 Å². The van der Waals surface area contributed by atoms with Gasteiger partial charge in [0.05, 0.1) is 47.4 Å². The Morgan fingerprint density at radius 2 is 0.754 bits per heavy atom. The molecule has 0 saturated heterocycles. The van der Waals surface area contributed by atoms with Crippen molar-refractivity contribution in [1.82, 2.24) is 19.9 Å². The van der Waals surface area contributed by atoms with Gasteiger partial charge in [0.15, 0.2) is 0 Å². The summed E-state index contributed by atoms with van der Waals surface area (Å²) in [6.07, 6.45) is 46.9. The van der Waals surface area contributed by atoms with Crippen molar-refractivity contribution in [3.63, 3.8) is 0 Å². The van der Waals surface area contributed by atoms with Gasteiger partial charge in [0.2, 0.25) is 0 Å². The molecule has 0 bridgehead atoms. The van der Waals surface area contributed by atoms with Crippen LogP contribution < -0.4 is 0 Å². The zero-order chi connectivity index (χ0) is 45.3. The summed E-state index contributed by atoms with van der Waals surface area (Å²) in [5, 5.41) is 0. The van der Waals surface area contributed by atoms with Crippen molar-refractivity contribution in [2.75, 3.05) is 0 Å². The van der Waals surface area contributed by atoms with Gasteiger partial charge in [-0.15, -0.1) is 0 Å². The van der Waals surface area contributed by atoms with E-state index in [1.807, 2.05) is 24.8 Å². The summed E-state index contributed by atoms with van der Waals surface area (Å²) in [5.41, 5.74) is 9.05. The van der Waals surface area contributed by atoms with Crippen LogP contribution in [-0.4, -0.2) is 19.9 Å². The number of nitrogens with zero attached hydrogens (tertiary/aromatic N) is 4. The summed E-state index contributed by atoms with van der Waals surface area (Å²) in [5.74, 6) is 2.76. The van der Waals surface area contributed by atoms with Crippen molar-refractivity contribution in [1.29, 1.82) is 0 Å². The number of benzene rings is 2. The Morgan fingerprint density at radius 1 is 0.400 bits per heavy atom. The highest BCUT2D eigenvalue weighted by Crippen LogP contribution is 2.47. The monoisotopic (exact) mass is 883 g/mol. The number of hydrogen-bond acceptors (Lipinski definition) is 5. The lowest BCUT2D eigenvalue weighted by Gasteiger charge is -2.40. The van der Waals surface area contributed by atoms with Crippen LogP contribution in [0.4, 0.5) is 0 Å². The quantitative estimate of drug-likeness (QED) is 0.0488. The van der Waals surface area contributed by atoms with E-state index < -0.39 is 0 Å². The van der Waals surface area contributed by atoms with Crippen LogP contribution in [0.5, 0.6) is 0 Å². The summed E-state index contributed by atoms with van der Waals surface area (Å²) in [6, 6.07) is 18.5. The summed E-state index contributed by atoms with van der Waals surface area (Å²) >= 11 is 0. The molecule has 2 aromatic heterocycles. The van der Waals surface area contributed by atoms with E-state index in [0.29, 0.717) is 11.8 Å². The second-order valence-corrected chi connectivity index (χ2v) is 20.6. The van der Waals surface area contributed by atoms with Crippen LogP contribution in [0.3, 0.4) is 0 Å². The number of aryl methyl sites for hydroxylation is 2. The molecule has 0 N–H and O–H groups in total. The molecule has 2 atom stereocenters. The van der Waals surface area contributed by atoms with Gasteiger partial charge in [-0.3, -0.25) is 19.9 Å². The van der Waals surface area contributed by atoms with E-state index in [9.17, 15) is 0 Å². The second-order valence-electron chi connectivity index (χ2n) is 20.6. The Balaban J connectivity index is 1.17. The molecule has 5 heteroatoms. The average Bonchev–Trinajstić information content (AvgIpc) is 3.36. The van der Waals surface area contributed by atoms with Gasteiger partial charge in [-0.25, -0.2) is 0 Å². The zero-order valence-electron chi connectivity index (χ0n) is 41.8. The normalized spacial score (nSPS) is 19.9. The summed E-state index contributed by atoms with van der Waals surface area (Å²) in [4.78, 5) is 19.6. The molecule has 2 heterocycles. The maximum absolute atomic E-state index is 7.75. The number of hydrogen-bond donors (Lipinski definition) is 0. The van der Waals surface area contributed by atoms with Gasteiger partial charge >= 0.3 is 0 Å².